The van der Waals surface area contributed by atoms with Crippen molar-refractivity contribution in [1.29, 1.82) is 0 Å². The van der Waals surface area contributed by atoms with E-state index in [-0.39, 0.29) is 5.97 Å². The molecule has 0 aromatic heterocycles. The van der Waals surface area contributed by atoms with Crippen molar-refractivity contribution in [2.24, 2.45) is 5.92 Å². The Hall–Kier alpha value is -0.570. The molecule has 0 aliphatic carbocycles. The Morgan fingerprint density at radius 1 is 1.43 bits per heavy atom. The third-order valence-corrected chi connectivity index (χ3v) is 2.34. The Balaban J connectivity index is 3.55. The maximum atomic E-state index is 11.1. The molecule has 0 aromatic carbocycles. The molecule has 3 nitrogen and oxygen atoms in total. The molecule has 84 valence electrons. The van der Waals surface area contributed by atoms with Gasteiger partial charge in [0.05, 0.1) is 13.2 Å². The van der Waals surface area contributed by atoms with Crippen LogP contribution in [0.2, 0.25) is 0 Å². The molecule has 0 heterocycles. The van der Waals surface area contributed by atoms with Crippen molar-refractivity contribution in [2.75, 3.05) is 20.2 Å². The van der Waals surface area contributed by atoms with E-state index in [9.17, 15) is 4.79 Å². The van der Waals surface area contributed by atoms with Crippen LogP contribution in [0.3, 0.4) is 0 Å². The van der Waals surface area contributed by atoms with Crippen LogP contribution in [0.15, 0.2) is 0 Å². The van der Waals surface area contributed by atoms with Crippen molar-refractivity contribution in [1.82, 2.24) is 5.32 Å². The fourth-order valence-corrected chi connectivity index (χ4v) is 1.30. The number of ether oxygens (including phenoxy) is 1. The summed E-state index contributed by atoms with van der Waals surface area (Å²) in [5, 5.41) is 2.78. The first-order valence-electron chi connectivity index (χ1n) is 5.54. The predicted molar refractivity (Wildman–Crippen MR) is 58.2 cm³/mol. The molecule has 0 rings (SSSR count). The lowest BCUT2D eigenvalue weighted by Gasteiger charge is -2.14. The number of hydrogen-bond donors (Lipinski definition) is 1. The van der Waals surface area contributed by atoms with Crippen LogP contribution in [0.5, 0.6) is 0 Å². The molecule has 0 saturated carbocycles. The number of unbranched alkanes of at least 4 members (excludes halogenated alkanes) is 1. The molecule has 3 heteroatoms. The standard InChI is InChI=1S/C11H23NO2/c1-4-6-7-10(5-2)9-14-11(13)8-12-3/h10,12H,4-9H2,1-3H3. The molecule has 1 N–H and O–H groups in total. The number of carbonyl (C=O) groups is 1. The van der Waals surface area contributed by atoms with Gasteiger partial charge in [-0.2, -0.15) is 0 Å². The van der Waals surface area contributed by atoms with Crippen LogP contribution in [0.25, 0.3) is 0 Å². The van der Waals surface area contributed by atoms with E-state index in [1.54, 1.807) is 7.05 Å². The average molecular weight is 201 g/mol. The highest BCUT2D eigenvalue weighted by molar-refractivity contribution is 5.71. The van der Waals surface area contributed by atoms with Gasteiger partial charge in [-0.05, 0) is 19.4 Å². The molecule has 0 radical (unpaired) electrons. The minimum Gasteiger partial charge on any atom is -0.464 e. The van der Waals surface area contributed by atoms with Crippen molar-refractivity contribution in [3.05, 3.63) is 0 Å². The maximum absolute atomic E-state index is 11.1. The van der Waals surface area contributed by atoms with Crippen LogP contribution in [-0.4, -0.2) is 26.2 Å². The predicted octanol–water partition coefficient (Wildman–Crippen LogP) is 1.97. The summed E-state index contributed by atoms with van der Waals surface area (Å²) >= 11 is 0. The normalized spacial score (nSPS) is 12.5. The highest BCUT2D eigenvalue weighted by atomic mass is 16.5. The number of esters is 1. The number of nitrogens with one attached hydrogen (secondary N) is 1. The lowest BCUT2D eigenvalue weighted by molar-refractivity contribution is -0.143. The highest BCUT2D eigenvalue weighted by Crippen LogP contribution is 2.12. The number of carbonyl (C=O) groups excluding carboxylic acids is 1. The summed E-state index contributed by atoms with van der Waals surface area (Å²) in [5.74, 6) is 0.387. The maximum Gasteiger partial charge on any atom is 0.319 e. The molecule has 0 aliphatic heterocycles. The monoisotopic (exact) mass is 201 g/mol. The van der Waals surface area contributed by atoms with Crippen LogP contribution in [0.4, 0.5) is 0 Å². The van der Waals surface area contributed by atoms with Gasteiger partial charge in [-0.25, -0.2) is 0 Å². The third-order valence-electron chi connectivity index (χ3n) is 2.34. The van der Waals surface area contributed by atoms with Crippen molar-refractivity contribution in [2.45, 2.75) is 39.5 Å². The zero-order valence-corrected chi connectivity index (χ0v) is 9.64. The summed E-state index contributed by atoms with van der Waals surface area (Å²) in [6.07, 6.45) is 4.69. The van der Waals surface area contributed by atoms with Gasteiger partial charge in [0, 0.05) is 0 Å². The van der Waals surface area contributed by atoms with Crippen LogP contribution in [-0.2, 0) is 9.53 Å². The van der Waals surface area contributed by atoms with E-state index in [0.29, 0.717) is 19.1 Å². The second-order valence-electron chi connectivity index (χ2n) is 3.63. The summed E-state index contributed by atoms with van der Waals surface area (Å²) in [4.78, 5) is 11.1. The molecule has 0 bridgehead atoms. The van der Waals surface area contributed by atoms with Crippen LogP contribution >= 0.6 is 0 Å². The number of rotatable bonds is 8. The minimum absolute atomic E-state index is 0.151. The second-order valence-corrected chi connectivity index (χ2v) is 3.63. The fourth-order valence-electron chi connectivity index (χ4n) is 1.30. The van der Waals surface area contributed by atoms with Crippen LogP contribution in [0.1, 0.15) is 39.5 Å². The molecule has 0 amide bonds. The van der Waals surface area contributed by atoms with Crippen molar-refractivity contribution < 1.29 is 9.53 Å². The van der Waals surface area contributed by atoms with E-state index >= 15 is 0 Å². The van der Waals surface area contributed by atoms with Gasteiger partial charge in [0.25, 0.3) is 0 Å². The lowest BCUT2D eigenvalue weighted by Crippen LogP contribution is -2.23. The van der Waals surface area contributed by atoms with E-state index < -0.39 is 0 Å². The van der Waals surface area contributed by atoms with Crippen LogP contribution in [0, 0.1) is 5.92 Å². The Kier molecular flexibility index (Phi) is 8.64. The van der Waals surface area contributed by atoms with Gasteiger partial charge >= 0.3 is 5.97 Å². The van der Waals surface area contributed by atoms with E-state index in [2.05, 4.69) is 19.2 Å². The zero-order valence-electron chi connectivity index (χ0n) is 9.64. The number of hydrogen-bond acceptors (Lipinski definition) is 3. The Labute approximate surface area is 87.2 Å². The zero-order chi connectivity index (χ0) is 10.8. The molecule has 1 unspecified atom stereocenters. The summed E-state index contributed by atoms with van der Waals surface area (Å²) in [5.41, 5.74) is 0. The molecule has 0 spiro atoms. The first-order valence-corrected chi connectivity index (χ1v) is 5.54. The summed E-state index contributed by atoms with van der Waals surface area (Å²) < 4.78 is 5.13. The van der Waals surface area contributed by atoms with Crippen molar-refractivity contribution >= 4 is 5.97 Å². The van der Waals surface area contributed by atoms with Crippen molar-refractivity contribution in [3.8, 4) is 0 Å². The summed E-state index contributed by atoms with van der Waals surface area (Å²) in [7, 11) is 1.75. The van der Waals surface area contributed by atoms with Gasteiger partial charge in [0.2, 0.25) is 0 Å². The van der Waals surface area contributed by atoms with Crippen LogP contribution < -0.4 is 5.32 Å². The van der Waals surface area contributed by atoms with Crippen molar-refractivity contribution in [3.63, 3.8) is 0 Å². The van der Waals surface area contributed by atoms with Gasteiger partial charge in [-0.15, -0.1) is 0 Å². The fraction of sp³-hybridized carbons (Fsp3) is 0.909. The Morgan fingerprint density at radius 3 is 2.64 bits per heavy atom. The topological polar surface area (TPSA) is 38.3 Å². The summed E-state index contributed by atoms with van der Waals surface area (Å²) in [6.45, 7) is 5.22. The molecular weight excluding hydrogens is 178 g/mol. The molecular formula is C11H23NO2. The first-order chi connectivity index (χ1) is 6.74. The second kappa shape index (κ2) is 9.00. The quantitative estimate of drug-likeness (QED) is 0.610. The van der Waals surface area contributed by atoms with Gasteiger partial charge < -0.3 is 10.1 Å². The molecule has 0 aliphatic rings. The highest BCUT2D eigenvalue weighted by Gasteiger charge is 2.08. The van der Waals surface area contributed by atoms with E-state index in [1.165, 1.54) is 19.3 Å². The summed E-state index contributed by atoms with van der Waals surface area (Å²) in [6, 6.07) is 0. The Bertz CT molecular complexity index is 148. The molecule has 14 heavy (non-hydrogen) atoms. The molecule has 0 saturated heterocycles. The third kappa shape index (κ3) is 6.89. The SMILES string of the molecule is CCCCC(CC)COC(=O)CNC. The molecule has 0 fully saturated rings. The average Bonchev–Trinajstić information content (AvgIpc) is 2.19. The minimum atomic E-state index is -0.151. The smallest absolute Gasteiger partial charge is 0.319 e. The molecule has 0 aromatic rings. The number of likely N-dealkylation sites (N-methyl/N-ethyl adjacent to an activating group) is 1. The van der Waals surface area contributed by atoms with Gasteiger partial charge in [0.15, 0.2) is 0 Å². The first kappa shape index (κ1) is 13.4. The van der Waals surface area contributed by atoms with E-state index in [4.69, 9.17) is 4.74 Å². The lowest BCUT2D eigenvalue weighted by atomic mass is 10.0. The largest absolute Gasteiger partial charge is 0.464 e. The molecule has 1 atom stereocenters. The van der Waals surface area contributed by atoms with Gasteiger partial charge in [-0.1, -0.05) is 33.1 Å². The van der Waals surface area contributed by atoms with Gasteiger partial charge in [0.1, 0.15) is 0 Å². The van der Waals surface area contributed by atoms with Gasteiger partial charge in [-0.3, -0.25) is 4.79 Å². The van der Waals surface area contributed by atoms with E-state index in [1.807, 2.05) is 0 Å². The van der Waals surface area contributed by atoms with E-state index in [0.717, 1.165) is 6.42 Å². The Morgan fingerprint density at radius 2 is 2.14 bits per heavy atom.